The highest BCUT2D eigenvalue weighted by molar-refractivity contribution is 5.86. The first-order valence-corrected chi connectivity index (χ1v) is 6.74. The van der Waals surface area contributed by atoms with E-state index in [1.54, 1.807) is 0 Å². The third-order valence-electron chi connectivity index (χ3n) is 3.51. The minimum atomic E-state index is -0.157. The first-order valence-electron chi connectivity index (χ1n) is 6.74. The van der Waals surface area contributed by atoms with Gasteiger partial charge in [0.1, 0.15) is 0 Å². The molecule has 1 aliphatic rings. The molecule has 1 rings (SSSR count). The van der Waals surface area contributed by atoms with Gasteiger partial charge in [0.05, 0.1) is 12.5 Å². The van der Waals surface area contributed by atoms with Crippen LogP contribution in [0.25, 0.3) is 0 Å². The minimum absolute atomic E-state index is 0.0363. The summed E-state index contributed by atoms with van der Waals surface area (Å²) in [5, 5.41) is 5.41. The van der Waals surface area contributed by atoms with Gasteiger partial charge in [0, 0.05) is 12.1 Å². The normalized spacial score (nSPS) is 27.9. The fraction of sp³-hybridized carbons (Fsp3) is 0.846. The van der Waals surface area contributed by atoms with Crippen LogP contribution in [-0.4, -0.2) is 30.4 Å². The topological polar surface area (TPSA) is 84.2 Å². The van der Waals surface area contributed by atoms with Crippen LogP contribution in [0, 0.1) is 11.8 Å². The van der Waals surface area contributed by atoms with Crippen LogP contribution in [0.2, 0.25) is 0 Å². The highest BCUT2D eigenvalue weighted by atomic mass is 16.2. The molecule has 5 heteroatoms. The van der Waals surface area contributed by atoms with Crippen LogP contribution in [0.4, 0.5) is 0 Å². The maximum atomic E-state index is 12.0. The van der Waals surface area contributed by atoms with Gasteiger partial charge in [0.15, 0.2) is 0 Å². The average Bonchev–Trinajstić information content (AvgIpc) is 2.29. The molecule has 0 heterocycles. The summed E-state index contributed by atoms with van der Waals surface area (Å²) in [6.07, 6.45) is 2.94. The Kier molecular flexibility index (Phi) is 5.59. The quantitative estimate of drug-likeness (QED) is 0.679. The van der Waals surface area contributed by atoms with E-state index in [-0.39, 0.29) is 36.4 Å². The van der Waals surface area contributed by atoms with Crippen LogP contribution in [0.15, 0.2) is 0 Å². The van der Waals surface area contributed by atoms with E-state index < -0.39 is 0 Å². The van der Waals surface area contributed by atoms with E-state index in [1.807, 2.05) is 13.8 Å². The van der Waals surface area contributed by atoms with Crippen molar-refractivity contribution in [3.05, 3.63) is 0 Å². The summed E-state index contributed by atoms with van der Waals surface area (Å²) >= 11 is 0. The van der Waals surface area contributed by atoms with Crippen LogP contribution in [0.3, 0.4) is 0 Å². The maximum Gasteiger partial charge on any atom is 0.239 e. The summed E-state index contributed by atoms with van der Waals surface area (Å²) < 4.78 is 0. The summed E-state index contributed by atoms with van der Waals surface area (Å²) in [6.45, 7) is 5.89. The number of nitrogens with one attached hydrogen (secondary N) is 2. The second kappa shape index (κ2) is 6.73. The first-order chi connectivity index (χ1) is 8.41. The SMILES string of the molecule is CC(C)NC(=O)CNC(=O)C1CCCC(C)C1N. The van der Waals surface area contributed by atoms with E-state index >= 15 is 0 Å². The van der Waals surface area contributed by atoms with Crippen molar-refractivity contribution in [1.29, 1.82) is 0 Å². The Morgan fingerprint density at radius 2 is 2.00 bits per heavy atom. The van der Waals surface area contributed by atoms with Crippen molar-refractivity contribution in [3.63, 3.8) is 0 Å². The molecule has 1 fully saturated rings. The molecule has 1 aliphatic carbocycles. The van der Waals surface area contributed by atoms with Gasteiger partial charge in [-0.3, -0.25) is 9.59 Å². The molecule has 2 amide bonds. The van der Waals surface area contributed by atoms with E-state index in [0.717, 1.165) is 19.3 Å². The average molecular weight is 255 g/mol. The van der Waals surface area contributed by atoms with E-state index in [4.69, 9.17) is 5.73 Å². The summed E-state index contributed by atoms with van der Waals surface area (Å²) in [7, 11) is 0. The van der Waals surface area contributed by atoms with Gasteiger partial charge in [0.25, 0.3) is 0 Å². The lowest BCUT2D eigenvalue weighted by Crippen LogP contribution is -2.49. The van der Waals surface area contributed by atoms with Crippen molar-refractivity contribution in [2.45, 2.75) is 52.1 Å². The van der Waals surface area contributed by atoms with Crippen LogP contribution < -0.4 is 16.4 Å². The lowest BCUT2D eigenvalue weighted by Gasteiger charge is -2.32. The molecule has 0 bridgehead atoms. The fourth-order valence-electron chi connectivity index (χ4n) is 2.42. The zero-order valence-corrected chi connectivity index (χ0v) is 11.5. The van der Waals surface area contributed by atoms with Crippen molar-refractivity contribution >= 4 is 11.8 Å². The zero-order chi connectivity index (χ0) is 13.7. The van der Waals surface area contributed by atoms with Gasteiger partial charge in [-0.15, -0.1) is 0 Å². The third kappa shape index (κ3) is 4.29. The van der Waals surface area contributed by atoms with Gasteiger partial charge in [-0.2, -0.15) is 0 Å². The second-order valence-electron chi connectivity index (χ2n) is 5.53. The molecule has 3 unspecified atom stereocenters. The van der Waals surface area contributed by atoms with E-state index in [2.05, 4.69) is 17.6 Å². The van der Waals surface area contributed by atoms with Gasteiger partial charge in [0.2, 0.25) is 11.8 Å². The zero-order valence-electron chi connectivity index (χ0n) is 11.5. The molecule has 4 N–H and O–H groups in total. The van der Waals surface area contributed by atoms with E-state index in [1.165, 1.54) is 0 Å². The maximum absolute atomic E-state index is 12.0. The Labute approximate surface area is 109 Å². The molecule has 0 spiro atoms. The Bertz CT molecular complexity index is 305. The van der Waals surface area contributed by atoms with Gasteiger partial charge < -0.3 is 16.4 Å². The Morgan fingerprint density at radius 1 is 1.33 bits per heavy atom. The van der Waals surface area contributed by atoms with E-state index in [9.17, 15) is 9.59 Å². The third-order valence-corrected chi connectivity index (χ3v) is 3.51. The van der Waals surface area contributed by atoms with Crippen LogP contribution >= 0.6 is 0 Å². The highest BCUT2D eigenvalue weighted by Gasteiger charge is 2.32. The molecule has 0 aromatic carbocycles. The van der Waals surface area contributed by atoms with E-state index in [0.29, 0.717) is 5.92 Å². The van der Waals surface area contributed by atoms with Crippen LogP contribution in [0.5, 0.6) is 0 Å². The summed E-state index contributed by atoms with van der Waals surface area (Å²) in [5.74, 6) is -0.0247. The Morgan fingerprint density at radius 3 is 2.61 bits per heavy atom. The van der Waals surface area contributed by atoms with Crippen molar-refractivity contribution < 1.29 is 9.59 Å². The molecule has 104 valence electrons. The van der Waals surface area contributed by atoms with Crippen LogP contribution in [0.1, 0.15) is 40.0 Å². The van der Waals surface area contributed by atoms with Crippen molar-refractivity contribution in [2.75, 3.05) is 6.54 Å². The summed E-state index contributed by atoms with van der Waals surface area (Å²) in [4.78, 5) is 23.4. The largest absolute Gasteiger partial charge is 0.352 e. The molecule has 0 aromatic heterocycles. The number of carbonyl (C=O) groups excluding carboxylic acids is 2. The number of hydrogen-bond acceptors (Lipinski definition) is 3. The molecule has 0 aromatic rings. The summed E-state index contributed by atoms with van der Waals surface area (Å²) in [5.41, 5.74) is 6.05. The second-order valence-corrected chi connectivity index (χ2v) is 5.53. The lowest BCUT2D eigenvalue weighted by atomic mass is 9.78. The standard InChI is InChI=1S/C13H25N3O2/c1-8(2)16-11(17)7-15-13(18)10-6-4-5-9(3)12(10)14/h8-10,12H,4-7,14H2,1-3H3,(H,15,18)(H,16,17). The Hall–Kier alpha value is -1.10. The molecular weight excluding hydrogens is 230 g/mol. The van der Waals surface area contributed by atoms with Gasteiger partial charge in [-0.1, -0.05) is 13.3 Å². The molecule has 3 atom stereocenters. The van der Waals surface area contributed by atoms with Crippen molar-refractivity contribution in [3.8, 4) is 0 Å². The Balaban J connectivity index is 2.38. The number of hydrogen-bond donors (Lipinski definition) is 3. The molecule has 1 saturated carbocycles. The highest BCUT2D eigenvalue weighted by Crippen LogP contribution is 2.27. The summed E-state index contributed by atoms with van der Waals surface area (Å²) in [6, 6.07) is -0.00160. The molecule has 5 nitrogen and oxygen atoms in total. The molecular formula is C13H25N3O2. The molecule has 18 heavy (non-hydrogen) atoms. The number of amides is 2. The number of rotatable bonds is 4. The lowest BCUT2D eigenvalue weighted by molar-refractivity contribution is -0.130. The fourth-order valence-corrected chi connectivity index (χ4v) is 2.42. The molecule has 0 saturated heterocycles. The predicted octanol–water partition coefficient (Wildman–Crippen LogP) is 0.391. The predicted molar refractivity (Wildman–Crippen MR) is 70.8 cm³/mol. The monoisotopic (exact) mass is 255 g/mol. The van der Waals surface area contributed by atoms with Gasteiger partial charge in [-0.25, -0.2) is 0 Å². The molecule has 0 aliphatic heterocycles. The number of nitrogens with two attached hydrogens (primary N) is 1. The molecule has 0 radical (unpaired) electrons. The van der Waals surface area contributed by atoms with Gasteiger partial charge >= 0.3 is 0 Å². The van der Waals surface area contributed by atoms with Crippen LogP contribution in [-0.2, 0) is 9.59 Å². The number of carbonyl (C=O) groups is 2. The minimum Gasteiger partial charge on any atom is -0.352 e. The van der Waals surface area contributed by atoms with Crippen molar-refractivity contribution in [1.82, 2.24) is 10.6 Å². The van der Waals surface area contributed by atoms with Crippen molar-refractivity contribution in [2.24, 2.45) is 17.6 Å². The smallest absolute Gasteiger partial charge is 0.239 e. The first kappa shape index (κ1) is 15.0. The van der Waals surface area contributed by atoms with Gasteiger partial charge in [-0.05, 0) is 32.6 Å².